The summed E-state index contributed by atoms with van der Waals surface area (Å²) in [4.78, 5) is 12.2. The maximum atomic E-state index is 12.2. The monoisotopic (exact) mass is 459 g/mol. The van der Waals surface area contributed by atoms with Crippen LogP contribution in [0, 0.1) is 0 Å². The van der Waals surface area contributed by atoms with Gasteiger partial charge in [0.05, 0.1) is 11.8 Å². The quantitative estimate of drug-likeness (QED) is 0.221. The van der Waals surface area contributed by atoms with Crippen LogP contribution >= 0.6 is 28.1 Å². The highest BCUT2D eigenvalue weighted by molar-refractivity contribution is 9.10. The Morgan fingerprint density at radius 2 is 1.89 bits per heavy atom. The van der Waals surface area contributed by atoms with Crippen LogP contribution in [-0.4, -0.2) is 23.3 Å². The largest absolute Gasteiger partial charge is 0.423 e. The number of halogens is 1. The van der Waals surface area contributed by atoms with Crippen molar-refractivity contribution in [2.24, 2.45) is 5.10 Å². The van der Waals surface area contributed by atoms with Crippen LogP contribution in [0.5, 0.6) is 5.75 Å². The molecular formula is C21H22BrN3O2S. The average Bonchev–Trinajstić information content (AvgIpc) is 2.70. The SMILES string of the molecule is O=C(Oc1ccc(/C=N/NC(=S)NC2CCCCC2)cc1)c1cccc(Br)c1. The molecule has 5 nitrogen and oxygen atoms in total. The van der Waals surface area contributed by atoms with Gasteiger partial charge in [0.25, 0.3) is 0 Å². The van der Waals surface area contributed by atoms with Gasteiger partial charge in [0.2, 0.25) is 0 Å². The molecule has 0 aliphatic heterocycles. The summed E-state index contributed by atoms with van der Waals surface area (Å²) < 4.78 is 6.22. The van der Waals surface area contributed by atoms with Gasteiger partial charge in [-0.05, 0) is 73.1 Å². The summed E-state index contributed by atoms with van der Waals surface area (Å²) in [6, 6.07) is 14.6. The zero-order valence-electron chi connectivity index (χ0n) is 15.4. The maximum Gasteiger partial charge on any atom is 0.343 e. The Bertz CT molecular complexity index is 849. The molecule has 0 unspecified atom stereocenters. The van der Waals surface area contributed by atoms with Gasteiger partial charge in [-0.3, -0.25) is 5.43 Å². The molecule has 3 rings (SSSR count). The number of hydrazone groups is 1. The Labute approximate surface area is 178 Å². The Balaban J connectivity index is 1.47. The Morgan fingerprint density at radius 1 is 1.14 bits per heavy atom. The van der Waals surface area contributed by atoms with Crippen molar-refractivity contribution in [3.8, 4) is 5.75 Å². The van der Waals surface area contributed by atoms with E-state index >= 15 is 0 Å². The van der Waals surface area contributed by atoms with Gasteiger partial charge in [0, 0.05) is 10.5 Å². The number of carbonyl (C=O) groups is 1. The van der Waals surface area contributed by atoms with E-state index < -0.39 is 5.97 Å². The molecule has 1 aliphatic carbocycles. The predicted octanol–water partition coefficient (Wildman–Crippen LogP) is 4.80. The third-order valence-electron chi connectivity index (χ3n) is 4.47. The lowest BCUT2D eigenvalue weighted by atomic mass is 9.96. The molecule has 0 bridgehead atoms. The highest BCUT2D eigenvalue weighted by Gasteiger charge is 2.13. The summed E-state index contributed by atoms with van der Waals surface area (Å²) >= 11 is 8.62. The minimum atomic E-state index is -0.400. The van der Waals surface area contributed by atoms with E-state index in [2.05, 4.69) is 31.8 Å². The van der Waals surface area contributed by atoms with E-state index in [0.29, 0.717) is 22.5 Å². The summed E-state index contributed by atoms with van der Waals surface area (Å²) in [5.41, 5.74) is 4.21. The average molecular weight is 460 g/mol. The molecule has 0 aromatic heterocycles. The molecule has 7 heteroatoms. The zero-order chi connectivity index (χ0) is 19.8. The lowest BCUT2D eigenvalue weighted by molar-refractivity contribution is 0.0734. The minimum absolute atomic E-state index is 0.400. The molecule has 2 N–H and O–H groups in total. The standard InChI is InChI=1S/C21H22BrN3O2S/c22-17-6-4-5-16(13-17)20(26)27-19-11-9-15(10-12-19)14-23-25-21(28)24-18-7-2-1-3-8-18/h4-6,9-14,18H,1-3,7-8H2,(H2,24,25,28)/b23-14+. The van der Waals surface area contributed by atoms with Crippen LogP contribution in [0.25, 0.3) is 0 Å². The van der Waals surface area contributed by atoms with Gasteiger partial charge >= 0.3 is 5.97 Å². The predicted molar refractivity (Wildman–Crippen MR) is 119 cm³/mol. The van der Waals surface area contributed by atoms with E-state index in [1.807, 2.05) is 18.2 Å². The number of nitrogens with one attached hydrogen (secondary N) is 2. The second-order valence-corrected chi connectivity index (χ2v) is 7.97. The Kier molecular flexibility index (Phi) is 7.56. The number of esters is 1. The first kappa shape index (κ1) is 20.5. The summed E-state index contributed by atoms with van der Waals surface area (Å²) in [6.07, 6.45) is 7.81. The number of rotatable bonds is 5. The molecule has 146 valence electrons. The number of hydrogen-bond donors (Lipinski definition) is 2. The zero-order valence-corrected chi connectivity index (χ0v) is 17.8. The van der Waals surface area contributed by atoms with Crippen molar-refractivity contribution in [2.75, 3.05) is 0 Å². The molecule has 28 heavy (non-hydrogen) atoms. The second-order valence-electron chi connectivity index (χ2n) is 6.65. The van der Waals surface area contributed by atoms with Crippen molar-refractivity contribution in [1.29, 1.82) is 0 Å². The van der Waals surface area contributed by atoms with Crippen LogP contribution in [0.4, 0.5) is 0 Å². The van der Waals surface area contributed by atoms with Gasteiger partial charge in [-0.1, -0.05) is 41.3 Å². The number of nitrogens with zero attached hydrogens (tertiary/aromatic N) is 1. The van der Waals surface area contributed by atoms with Gasteiger partial charge in [-0.2, -0.15) is 5.10 Å². The van der Waals surface area contributed by atoms with Crippen molar-refractivity contribution >= 4 is 45.4 Å². The molecule has 1 fully saturated rings. The highest BCUT2D eigenvalue weighted by Crippen LogP contribution is 2.17. The van der Waals surface area contributed by atoms with Crippen molar-refractivity contribution in [3.05, 3.63) is 64.1 Å². The maximum absolute atomic E-state index is 12.2. The van der Waals surface area contributed by atoms with Crippen LogP contribution in [-0.2, 0) is 0 Å². The fourth-order valence-corrected chi connectivity index (χ4v) is 3.65. The van der Waals surface area contributed by atoms with E-state index in [1.165, 1.54) is 19.3 Å². The van der Waals surface area contributed by atoms with Crippen molar-refractivity contribution < 1.29 is 9.53 Å². The van der Waals surface area contributed by atoms with E-state index in [9.17, 15) is 4.79 Å². The van der Waals surface area contributed by atoms with Crippen LogP contribution in [0.3, 0.4) is 0 Å². The van der Waals surface area contributed by atoms with Crippen LogP contribution in [0.1, 0.15) is 48.0 Å². The molecule has 1 saturated carbocycles. The van der Waals surface area contributed by atoms with Crippen LogP contribution in [0.15, 0.2) is 58.1 Å². The number of hydrogen-bond acceptors (Lipinski definition) is 4. The van der Waals surface area contributed by atoms with Gasteiger partial charge < -0.3 is 10.1 Å². The fraction of sp³-hybridized carbons (Fsp3) is 0.286. The first-order valence-corrected chi connectivity index (χ1v) is 10.5. The fourth-order valence-electron chi connectivity index (χ4n) is 3.03. The highest BCUT2D eigenvalue weighted by atomic mass is 79.9. The van der Waals surface area contributed by atoms with Crippen LogP contribution < -0.4 is 15.5 Å². The summed E-state index contributed by atoms with van der Waals surface area (Å²) in [5, 5.41) is 8.01. The third kappa shape index (κ3) is 6.42. The van der Waals surface area contributed by atoms with Crippen molar-refractivity contribution in [2.45, 2.75) is 38.1 Å². The number of thiocarbonyl (C=S) groups is 1. The smallest absolute Gasteiger partial charge is 0.343 e. The molecule has 0 heterocycles. The minimum Gasteiger partial charge on any atom is -0.423 e. The topological polar surface area (TPSA) is 62.7 Å². The first-order valence-electron chi connectivity index (χ1n) is 9.27. The molecule has 0 atom stereocenters. The number of ether oxygens (including phenoxy) is 1. The third-order valence-corrected chi connectivity index (χ3v) is 5.17. The summed E-state index contributed by atoms with van der Waals surface area (Å²) in [7, 11) is 0. The van der Waals surface area contributed by atoms with Gasteiger partial charge in [-0.25, -0.2) is 4.79 Å². The van der Waals surface area contributed by atoms with Crippen molar-refractivity contribution in [1.82, 2.24) is 10.7 Å². The second kappa shape index (κ2) is 10.3. The molecular weight excluding hydrogens is 438 g/mol. The summed E-state index contributed by atoms with van der Waals surface area (Å²) in [5.74, 6) is 0.0769. The molecule has 2 aromatic rings. The molecule has 0 radical (unpaired) electrons. The molecule has 0 spiro atoms. The van der Waals surface area contributed by atoms with Gasteiger partial charge in [-0.15, -0.1) is 0 Å². The summed E-state index contributed by atoms with van der Waals surface area (Å²) in [6.45, 7) is 0. The Morgan fingerprint density at radius 3 is 2.61 bits per heavy atom. The van der Waals surface area contributed by atoms with E-state index in [1.54, 1.807) is 36.5 Å². The molecule has 1 aliphatic rings. The molecule has 0 saturated heterocycles. The lowest BCUT2D eigenvalue weighted by Gasteiger charge is -2.23. The number of benzene rings is 2. The molecule has 0 amide bonds. The van der Waals surface area contributed by atoms with Crippen molar-refractivity contribution in [3.63, 3.8) is 0 Å². The van der Waals surface area contributed by atoms with Gasteiger partial charge in [0.15, 0.2) is 5.11 Å². The van der Waals surface area contributed by atoms with Gasteiger partial charge in [0.1, 0.15) is 5.75 Å². The van der Waals surface area contributed by atoms with Crippen LogP contribution in [0.2, 0.25) is 0 Å². The van der Waals surface area contributed by atoms with E-state index in [4.69, 9.17) is 17.0 Å². The lowest BCUT2D eigenvalue weighted by Crippen LogP contribution is -2.40. The molecule has 2 aromatic carbocycles. The Hall–Kier alpha value is -2.25. The first-order chi connectivity index (χ1) is 13.6. The van der Waals surface area contributed by atoms with E-state index in [0.717, 1.165) is 22.9 Å². The van der Waals surface area contributed by atoms with E-state index in [-0.39, 0.29) is 0 Å². The number of carbonyl (C=O) groups excluding carboxylic acids is 1. The normalized spacial score (nSPS) is 14.6.